The number of hydrogen-bond acceptors (Lipinski definition) is 39. The van der Waals surface area contributed by atoms with Crippen LogP contribution >= 0.6 is 170 Å². The first-order valence-corrected chi connectivity index (χ1v) is 52.6. The molecule has 0 unspecified atom stereocenters. The summed E-state index contributed by atoms with van der Waals surface area (Å²) in [7, 11) is -3.14. The number of benzene rings is 5. The number of nitrogens with two attached hydrogens (primary N) is 4. The fourth-order valence-electron chi connectivity index (χ4n) is 7.96. The first kappa shape index (κ1) is 136. The van der Waals surface area contributed by atoms with Crippen molar-refractivity contribution in [1.82, 2.24) is 24.9 Å². The molecule has 5 aromatic carbocycles. The summed E-state index contributed by atoms with van der Waals surface area (Å²) in [6.07, 6.45) is 12.5. The van der Waals surface area contributed by atoms with Crippen LogP contribution in [0.15, 0.2) is 136 Å². The van der Waals surface area contributed by atoms with Crippen LogP contribution in [0.25, 0.3) is 0 Å². The van der Waals surface area contributed by atoms with Gasteiger partial charge in [0.25, 0.3) is 39.1 Å². The molecule has 139 heavy (non-hydrogen) atoms. The number of aromatic nitrogens is 5. The van der Waals surface area contributed by atoms with E-state index in [4.69, 9.17) is 89.5 Å². The molecule has 0 saturated heterocycles. The van der Waals surface area contributed by atoms with E-state index in [-0.39, 0.29) is 163 Å². The van der Waals surface area contributed by atoms with E-state index in [1.807, 2.05) is 5.38 Å². The number of rotatable bonds is 23. The van der Waals surface area contributed by atoms with Crippen LogP contribution in [-0.2, 0) is 105 Å². The van der Waals surface area contributed by atoms with Crippen LogP contribution in [-0.4, -0.2) is 161 Å². The normalized spacial score (nSPS) is 9.55. The van der Waals surface area contributed by atoms with Gasteiger partial charge in [0.2, 0.25) is 17.7 Å². The minimum absolute atomic E-state index is 0. The molecule has 5 aromatic heterocycles. The Morgan fingerprint density at radius 2 is 0.755 bits per heavy atom. The van der Waals surface area contributed by atoms with Gasteiger partial charge in [-0.1, -0.05) is 106 Å². The van der Waals surface area contributed by atoms with Crippen molar-refractivity contribution in [2.24, 2.45) is 0 Å². The fourth-order valence-corrected chi connectivity index (χ4v) is 18.8. The summed E-state index contributed by atoms with van der Waals surface area (Å²) in [5.74, 6) is 33.1. The zero-order valence-electron chi connectivity index (χ0n) is 73.0. The number of nitrogen functional groups attached to an aromatic ring is 4. The molecule has 0 aliphatic rings. The number of aldehydes is 2. The summed E-state index contributed by atoms with van der Waals surface area (Å²) in [5.41, 5.74) is 26.6. The molecule has 62 heteroatoms. The molecule has 3 radical (unpaired) electrons. The van der Waals surface area contributed by atoms with Crippen molar-refractivity contribution >= 4 is 311 Å². The molecule has 10 rings (SSSR count). The maximum absolute atomic E-state index is 12.5. The van der Waals surface area contributed by atoms with Crippen molar-refractivity contribution in [1.29, 1.82) is 0 Å². The molecule has 0 spiro atoms. The molecule has 0 bridgehead atoms. The molecule has 5 heterocycles. The fraction of sp³-hybridized carbons (Fsp3) is 0.169. The Bertz CT molecular complexity index is 6950. The number of nitrogens with zero attached hydrogens (tertiary/aromatic N) is 5. The Labute approximate surface area is 908 Å². The number of nitrogens with one attached hydrogen (secondary N) is 6. The number of aliphatic hydroxyl groups excluding tert-OH is 3. The summed E-state index contributed by atoms with van der Waals surface area (Å²) >= 11 is 19.5. The van der Waals surface area contributed by atoms with E-state index in [1.54, 1.807) is 50.6 Å². The number of halogens is 8. The van der Waals surface area contributed by atoms with E-state index in [2.05, 4.69) is 222 Å². The second kappa shape index (κ2) is 70.3. The third-order valence-corrected chi connectivity index (χ3v) is 28.7. The number of amides is 3. The third-order valence-electron chi connectivity index (χ3n) is 13.4. The summed E-state index contributed by atoms with van der Waals surface area (Å²) < 4.78 is 173. The monoisotopic (exact) mass is 2530 g/mol. The van der Waals surface area contributed by atoms with Gasteiger partial charge in [-0.05, 0) is 187 Å². The second-order valence-electron chi connectivity index (χ2n) is 22.8. The summed E-state index contributed by atoms with van der Waals surface area (Å²) in [5, 5.41) is 37.9. The van der Waals surface area contributed by atoms with Crippen molar-refractivity contribution in [3.63, 3.8) is 0 Å². The molecule has 0 atom stereocenters. The molecule has 41 nitrogen and oxygen atoms in total. The van der Waals surface area contributed by atoms with Crippen LogP contribution in [0, 0.1) is 83.4 Å². The van der Waals surface area contributed by atoms with Crippen LogP contribution < -0.4 is 106 Å². The molecule has 0 aliphatic carbocycles. The number of carbonyl (C=O) groups is 5. The Kier molecular flexibility index (Phi) is 68.7. The molecule has 3 amide bonds. The van der Waals surface area contributed by atoms with Crippen molar-refractivity contribution < 1.29 is 163 Å². The van der Waals surface area contributed by atoms with E-state index < -0.39 is 63.3 Å². The Morgan fingerprint density at radius 3 is 1.06 bits per heavy atom. The number of terminal acetylenes is 1. The van der Waals surface area contributed by atoms with Gasteiger partial charge >= 0.3 is 61.4 Å². The predicted molar refractivity (Wildman–Crippen MR) is 549 cm³/mol. The topological polar surface area (TPSA) is 658 Å². The van der Waals surface area contributed by atoms with Crippen LogP contribution in [0.3, 0.4) is 0 Å². The van der Waals surface area contributed by atoms with Crippen molar-refractivity contribution in [3.8, 4) is 112 Å². The van der Waals surface area contributed by atoms with E-state index in [0.717, 1.165) is 74.1 Å². The zero-order chi connectivity index (χ0) is 103. The van der Waals surface area contributed by atoms with E-state index in [0.29, 0.717) is 80.2 Å². The van der Waals surface area contributed by atoms with Crippen LogP contribution in [0.1, 0.15) is 74.0 Å². The van der Waals surface area contributed by atoms with Gasteiger partial charge in [0.1, 0.15) is 28.7 Å². The minimum atomic E-state index is -4.19. The second-order valence-corrected chi connectivity index (χ2v) is 42.8. The van der Waals surface area contributed by atoms with Gasteiger partial charge in [-0.2, -0.15) is 8.42 Å². The number of aliphatic hydroxyl groups is 3. The van der Waals surface area contributed by atoms with Crippen LogP contribution in [0.5, 0.6) is 28.7 Å². The molecule has 18 N–H and O–H groups in total. The van der Waals surface area contributed by atoms with E-state index >= 15 is 0 Å². The van der Waals surface area contributed by atoms with Gasteiger partial charge in [-0.15, -0.1) is 30.2 Å². The van der Waals surface area contributed by atoms with Crippen molar-refractivity contribution in [3.05, 3.63) is 147 Å². The SMILES string of the molecule is C.C#CC#CC#CC#CC#CC#CC#CC.CC(=O)Nc1ncc(S(=O)(=O)Cl)s1.CC(=O)Nc1nccs1.COc1cc(C=O)c(Br)cc1N.COc1cc(C=O)c(Br)cc1NS(=O)(=O)c1cnc(N)s1.COc1cc(CO)c(Br)cc1N.COc1cc(CO)c(Br)cc1NS(=O)(=O)c1cnc(N)s1.COc1cc(CO)c(Br)cc1NS(=O)(=O)c1cnc(NC(C)=O)s1.Cl.O=S(=O)(O)Cl.[B].[H-].[Na+].[O]=[Mn]=[O]. The molecule has 742 valence electrons. The summed E-state index contributed by atoms with van der Waals surface area (Å²) in [6.45, 7) is 5.32. The zero-order valence-corrected chi connectivity index (χ0v) is 93.6. The predicted octanol–water partition coefficient (Wildman–Crippen LogP) is 9.82. The van der Waals surface area contributed by atoms with Gasteiger partial charge < -0.3 is 79.3 Å². The third kappa shape index (κ3) is 53.3. The number of sulfonamides is 3. The van der Waals surface area contributed by atoms with Crippen LogP contribution in [0.4, 0.5) is 54.1 Å². The van der Waals surface area contributed by atoms with E-state index in [1.165, 1.54) is 103 Å². The number of thiazole rings is 5. The van der Waals surface area contributed by atoms with Gasteiger partial charge in [0.05, 0.1) is 109 Å². The molecule has 10 aromatic rings. The Morgan fingerprint density at radius 1 is 0.475 bits per heavy atom. The molecule has 0 fully saturated rings. The quantitative estimate of drug-likeness (QED) is 0.00707. The summed E-state index contributed by atoms with van der Waals surface area (Å²) in [4.78, 5) is 72.0. The van der Waals surface area contributed by atoms with Crippen molar-refractivity contribution in [2.45, 2.75) is 71.8 Å². The first-order chi connectivity index (χ1) is 63.4. The Hall–Kier alpha value is -9.44. The van der Waals surface area contributed by atoms with E-state index in [9.17, 15) is 67.9 Å². The average Bonchev–Trinajstić information content (AvgIpc) is 1.73. The first-order valence-electron chi connectivity index (χ1n) is 34.5. The molecular formula is C77H76BBr5Cl3MnN15NaO26S10. The number of hydrogen-bond donors (Lipinski definition) is 14. The van der Waals surface area contributed by atoms with Crippen molar-refractivity contribution in [2.75, 3.05) is 88.6 Å². The van der Waals surface area contributed by atoms with Gasteiger partial charge in [0.15, 0.2) is 55.1 Å². The van der Waals surface area contributed by atoms with Gasteiger partial charge in [-0.3, -0.25) is 42.7 Å². The van der Waals surface area contributed by atoms with Gasteiger partial charge in [0, 0.05) is 95.6 Å². The van der Waals surface area contributed by atoms with Crippen LogP contribution in [0.2, 0.25) is 0 Å². The molecular weight excluding hydrogens is 2470 g/mol. The number of anilines is 10. The molecule has 0 aliphatic heterocycles. The number of methoxy groups -OCH3 is 5. The molecule has 0 saturated carbocycles. The number of ether oxygens (including phenoxy) is 5. The summed E-state index contributed by atoms with van der Waals surface area (Å²) in [6, 6.07) is 15.6. The maximum atomic E-state index is 12.5. The van der Waals surface area contributed by atoms with Gasteiger partial charge in [-0.25, -0.2) is 58.6 Å². The standard InChI is InChI=1S/C15H4.C13H14BrN3O5S2.C11H12BrN3O4S2.C11H10BrN3O4S2.C8H10BrNO2.C8H8BrNO2.C5H5ClN2O3S2.C5H6N2OS.CH4.B.ClHO3S.ClH.Mn.Na.2O.H/c1-3-5-7-9-11-13-15-14-12-10-8-6-4-2;1-7(19)16-13-15-5-12(23-13)24(20,21)17-10-4-9(14)8(6-18)3-11(10)22-2;2*1-19-9-2-6(5-16)7(12)3-8(9)15-21(17,18)10-4-14-11(13)20-10;2*1-12-8-2-5(4-11)6(9)3-7(8)10;1-3(9)8-5-7-2-4(12-5)13(6,10)11;1-4(8)7-5-6-2-3-9-5;;;1-5(2,3)4;;;;;;/h1H,2H3;3-5,17-18H,6H2,1-2H3,(H,15,16,19);2-4,15-16H,5H2,1H3,(H2,13,14);2-5,15H,1H3,(H2,13,14);2-3,11H,4,10H2,1H3;2-4H,10H2,1H3;2H,1H3,(H,7,8,9);2-3H,1H3,(H,6,7,8);1H4;;(H,2,3,4);1H;;;;;/q;;;;;;;;;;;;;+1;;;-1. The Balaban J connectivity index is -0.000000495. The number of carbonyl (C=O) groups excluding carboxylic acids is 5. The average molecular weight is 2540 g/mol.